The molecule has 0 aliphatic heterocycles. The molecule has 0 aromatic carbocycles. The van der Waals surface area contributed by atoms with Crippen LogP contribution in [0.25, 0.3) is 0 Å². The largest absolute Gasteiger partial charge is 1.00 e. The number of hydrogen-bond acceptors (Lipinski definition) is 2. The molecule has 0 amide bonds. The summed E-state index contributed by atoms with van der Waals surface area (Å²) in [5.41, 5.74) is 0. The zero-order chi connectivity index (χ0) is 9.23. The predicted molar refractivity (Wildman–Crippen MR) is 48.7 cm³/mol. The Labute approximate surface area is 154 Å². The van der Waals surface area contributed by atoms with Crippen molar-refractivity contribution >= 4 is 5.97 Å². The number of carbonyl (C=O) groups excluding carboxylic acids is 1. The van der Waals surface area contributed by atoms with Gasteiger partial charge in [-0.3, -0.25) is 0 Å². The summed E-state index contributed by atoms with van der Waals surface area (Å²) in [6.45, 7) is 2.19. The smallest absolute Gasteiger partial charge is 1.00 e. The second-order valence-electron chi connectivity index (χ2n) is 3.24. The third-order valence-electron chi connectivity index (χ3n) is 1.98. The number of aliphatic carboxylic acids is 1. The van der Waals surface area contributed by atoms with E-state index in [1.165, 1.54) is 32.1 Å². The van der Waals surface area contributed by atoms with Gasteiger partial charge in [0.05, 0.1) is 0 Å². The Kier molecular flexibility index (Phi) is 26.7. The quantitative estimate of drug-likeness (QED) is 0.317. The Morgan fingerprint density at radius 3 is 1.93 bits per heavy atom. The fraction of sp³-hybridized carbons (Fsp3) is 0.900. The van der Waals surface area contributed by atoms with Crippen LogP contribution in [0.5, 0.6) is 0 Å². The van der Waals surface area contributed by atoms with Crippen molar-refractivity contribution < 1.29 is 92.3 Å². The number of carboxylic acid groups (broad SMARTS) is 1. The summed E-state index contributed by atoms with van der Waals surface area (Å²) in [5, 5.41) is 10.0. The summed E-state index contributed by atoms with van der Waals surface area (Å²) in [6.07, 6.45) is 8.34. The average Bonchev–Trinajstić information content (AvgIpc) is 2.02. The van der Waals surface area contributed by atoms with E-state index in [4.69, 9.17) is 0 Å². The Hall–Kier alpha value is 2.11. The van der Waals surface area contributed by atoms with Crippen LogP contribution >= 0.6 is 0 Å². The van der Waals surface area contributed by atoms with Gasteiger partial charge < -0.3 is 11.3 Å². The zero-order valence-corrected chi connectivity index (χ0v) is 15.1. The minimum atomic E-state index is -0.913. The number of rotatable bonds is 8. The molecule has 0 saturated heterocycles. The fourth-order valence-corrected chi connectivity index (χ4v) is 1.23. The summed E-state index contributed by atoms with van der Waals surface area (Å²) in [5.74, 6) is -0.913. The molecule has 4 heteroatoms. The van der Waals surface area contributed by atoms with Gasteiger partial charge >= 0.3 is 80.9 Å². The molecule has 0 atom stereocenters. The van der Waals surface area contributed by atoms with E-state index < -0.39 is 5.97 Å². The first-order valence-electron chi connectivity index (χ1n) is 4.97. The van der Waals surface area contributed by atoms with Crippen LogP contribution in [-0.2, 0) is 4.79 Å². The Bertz CT molecular complexity index is 126. The van der Waals surface area contributed by atoms with E-state index in [9.17, 15) is 9.90 Å². The van der Waals surface area contributed by atoms with E-state index in [2.05, 4.69) is 6.92 Å². The zero-order valence-electron chi connectivity index (χ0n) is 11.0. The molecule has 0 saturated carbocycles. The monoisotopic (exact) mass is 234 g/mol. The molecule has 0 aromatic rings. The molecule has 0 radical (unpaired) electrons. The van der Waals surface area contributed by atoms with Crippen molar-refractivity contribution in [2.24, 2.45) is 0 Å². The van der Waals surface area contributed by atoms with Gasteiger partial charge in [-0.25, -0.2) is 0 Å². The van der Waals surface area contributed by atoms with E-state index >= 15 is 0 Å². The van der Waals surface area contributed by atoms with Crippen LogP contribution in [0, 0.1) is 0 Å². The fourth-order valence-electron chi connectivity index (χ4n) is 1.23. The third-order valence-corrected chi connectivity index (χ3v) is 1.98. The third kappa shape index (κ3) is 19.6. The molecule has 0 aliphatic carbocycles. The standard InChI is InChI=1S/C10H20O2.K.Na.H/c1-2-3-4-5-6-7-8-9-10(11)12;;;/h2-9H2,1H3,(H,11,12);;;/q;2*+1;-1/p-1. The first-order valence-corrected chi connectivity index (χ1v) is 4.97. The first kappa shape index (κ1) is 21.4. The van der Waals surface area contributed by atoms with Crippen molar-refractivity contribution in [3.63, 3.8) is 0 Å². The van der Waals surface area contributed by atoms with E-state index in [0.717, 1.165) is 12.8 Å². The number of carbonyl (C=O) groups is 1. The molecule has 0 unspecified atom stereocenters. The van der Waals surface area contributed by atoms with Crippen molar-refractivity contribution in [3.8, 4) is 0 Å². The number of carboxylic acids is 1. The molecule has 74 valence electrons. The van der Waals surface area contributed by atoms with Gasteiger partial charge in [-0.05, 0) is 12.8 Å². The van der Waals surface area contributed by atoms with Crippen molar-refractivity contribution in [3.05, 3.63) is 0 Å². The van der Waals surface area contributed by atoms with Gasteiger partial charge in [0.15, 0.2) is 0 Å². The van der Waals surface area contributed by atoms with Gasteiger partial charge in [-0.15, -0.1) is 0 Å². The van der Waals surface area contributed by atoms with E-state index in [1.54, 1.807) is 0 Å². The minimum Gasteiger partial charge on any atom is -1.00 e. The summed E-state index contributed by atoms with van der Waals surface area (Å²) in [6, 6.07) is 0. The van der Waals surface area contributed by atoms with E-state index in [0.29, 0.717) is 0 Å². The molecule has 0 aromatic heterocycles. The predicted octanol–water partition coefficient (Wildman–Crippen LogP) is -4.00. The second kappa shape index (κ2) is 17.5. The van der Waals surface area contributed by atoms with Crippen molar-refractivity contribution in [1.82, 2.24) is 0 Å². The first-order chi connectivity index (χ1) is 5.77. The van der Waals surface area contributed by atoms with Gasteiger partial charge in [0.1, 0.15) is 0 Å². The van der Waals surface area contributed by atoms with Crippen LogP contribution < -0.4 is 86.0 Å². The van der Waals surface area contributed by atoms with Gasteiger partial charge in [-0.1, -0.05) is 45.4 Å². The van der Waals surface area contributed by atoms with Crippen LogP contribution in [0.4, 0.5) is 0 Å². The molecular weight excluding hydrogens is 214 g/mol. The van der Waals surface area contributed by atoms with E-state index in [1.807, 2.05) is 0 Å². The van der Waals surface area contributed by atoms with Gasteiger partial charge in [0, 0.05) is 5.97 Å². The Morgan fingerprint density at radius 1 is 1.07 bits per heavy atom. The summed E-state index contributed by atoms with van der Waals surface area (Å²) >= 11 is 0. The molecule has 0 bridgehead atoms. The maximum Gasteiger partial charge on any atom is 1.00 e. The van der Waals surface area contributed by atoms with Crippen LogP contribution in [-0.4, -0.2) is 5.97 Å². The van der Waals surface area contributed by atoms with Gasteiger partial charge in [0.25, 0.3) is 0 Å². The molecular formula is C10H20KNaO2. The Balaban J connectivity index is -0.000000202. The second-order valence-corrected chi connectivity index (χ2v) is 3.24. The maximum atomic E-state index is 10.0. The van der Waals surface area contributed by atoms with Crippen molar-refractivity contribution in [2.45, 2.75) is 58.3 Å². The summed E-state index contributed by atoms with van der Waals surface area (Å²) < 4.78 is 0. The minimum absolute atomic E-state index is 0. The van der Waals surface area contributed by atoms with Crippen LogP contribution in [0.2, 0.25) is 0 Å². The van der Waals surface area contributed by atoms with Gasteiger partial charge in [-0.2, -0.15) is 0 Å². The molecule has 0 N–H and O–H groups in total. The number of unbranched alkanes of at least 4 members (excludes halogenated alkanes) is 6. The number of hydrogen-bond donors (Lipinski definition) is 0. The van der Waals surface area contributed by atoms with Crippen LogP contribution in [0.3, 0.4) is 0 Å². The van der Waals surface area contributed by atoms with Crippen LogP contribution in [0.1, 0.15) is 59.7 Å². The molecule has 0 aliphatic rings. The summed E-state index contributed by atoms with van der Waals surface area (Å²) in [7, 11) is 0. The van der Waals surface area contributed by atoms with E-state index in [-0.39, 0.29) is 88.8 Å². The molecule has 14 heavy (non-hydrogen) atoms. The molecule has 0 heterocycles. The van der Waals surface area contributed by atoms with Crippen LogP contribution in [0.15, 0.2) is 0 Å². The SMILES string of the molecule is CCCCCCCCCC(=O)[O-].[H-].[K+].[Na+]. The topological polar surface area (TPSA) is 40.1 Å². The molecule has 0 rings (SSSR count). The van der Waals surface area contributed by atoms with Crippen molar-refractivity contribution in [2.75, 3.05) is 0 Å². The Morgan fingerprint density at radius 2 is 1.50 bits per heavy atom. The average molecular weight is 234 g/mol. The van der Waals surface area contributed by atoms with Gasteiger partial charge in [0.2, 0.25) is 0 Å². The molecule has 0 fully saturated rings. The maximum absolute atomic E-state index is 10.0. The molecule has 2 nitrogen and oxygen atoms in total. The normalized spacial score (nSPS) is 8.64. The molecule has 0 spiro atoms. The summed E-state index contributed by atoms with van der Waals surface area (Å²) in [4.78, 5) is 10.0. The van der Waals surface area contributed by atoms with Crippen molar-refractivity contribution in [1.29, 1.82) is 0 Å².